The van der Waals surface area contributed by atoms with Crippen molar-refractivity contribution < 1.29 is 18.3 Å². The number of aryl methyl sites for hydroxylation is 1. The average molecular weight is 333 g/mol. The van der Waals surface area contributed by atoms with Crippen LogP contribution in [0, 0.1) is 6.92 Å². The van der Waals surface area contributed by atoms with Gasteiger partial charge in [-0.05, 0) is 24.6 Å². The molecule has 0 unspecified atom stereocenters. The SMILES string of the molecule is Cc1ccc(S(=O)(=O)N2CCN(CC(=O)O)CC2)c(Cl)c1. The molecule has 1 aliphatic heterocycles. The number of nitrogens with zero attached hydrogens (tertiary/aromatic N) is 2. The number of hydrogen-bond donors (Lipinski definition) is 1. The van der Waals surface area contributed by atoms with E-state index in [-0.39, 0.29) is 29.6 Å². The van der Waals surface area contributed by atoms with Gasteiger partial charge in [-0.25, -0.2) is 8.42 Å². The summed E-state index contributed by atoms with van der Waals surface area (Å²) in [4.78, 5) is 12.5. The molecule has 0 spiro atoms. The van der Waals surface area contributed by atoms with E-state index in [1.54, 1.807) is 17.0 Å². The molecule has 0 radical (unpaired) electrons. The van der Waals surface area contributed by atoms with Crippen LogP contribution in [0.5, 0.6) is 0 Å². The summed E-state index contributed by atoms with van der Waals surface area (Å²) in [6, 6.07) is 4.84. The number of halogens is 1. The van der Waals surface area contributed by atoms with Crippen molar-refractivity contribution >= 4 is 27.6 Å². The van der Waals surface area contributed by atoms with Crippen LogP contribution in [0.3, 0.4) is 0 Å². The largest absolute Gasteiger partial charge is 0.480 e. The topological polar surface area (TPSA) is 77.9 Å². The third-order valence-corrected chi connectivity index (χ3v) is 5.78. The normalized spacial score (nSPS) is 17.8. The number of hydrogen-bond acceptors (Lipinski definition) is 4. The average Bonchev–Trinajstić information content (AvgIpc) is 2.38. The minimum Gasteiger partial charge on any atom is -0.480 e. The predicted molar refractivity (Wildman–Crippen MR) is 79.0 cm³/mol. The fourth-order valence-electron chi connectivity index (χ4n) is 2.27. The summed E-state index contributed by atoms with van der Waals surface area (Å²) < 4.78 is 26.5. The molecule has 8 heteroatoms. The molecule has 1 aromatic rings. The molecule has 1 aliphatic rings. The first-order valence-electron chi connectivity index (χ1n) is 6.51. The minimum atomic E-state index is -3.63. The van der Waals surface area contributed by atoms with Crippen LogP contribution in [-0.4, -0.2) is 61.4 Å². The van der Waals surface area contributed by atoms with Crippen LogP contribution < -0.4 is 0 Å². The van der Waals surface area contributed by atoms with E-state index in [0.717, 1.165) is 5.56 Å². The van der Waals surface area contributed by atoms with Crippen LogP contribution in [0.4, 0.5) is 0 Å². The molecule has 0 saturated carbocycles. The van der Waals surface area contributed by atoms with Crippen molar-refractivity contribution in [2.24, 2.45) is 0 Å². The second-order valence-electron chi connectivity index (χ2n) is 5.01. The van der Waals surface area contributed by atoms with E-state index < -0.39 is 16.0 Å². The highest BCUT2D eigenvalue weighted by Crippen LogP contribution is 2.26. The van der Waals surface area contributed by atoms with Crippen molar-refractivity contribution in [2.45, 2.75) is 11.8 Å². The zero-order chi connectivity index (χ0) is 15.6. The maximum atomic E-state index is 12.6. The van der Waals surface area contributed by atoms with Gasteiger partial charge in [0.1, 0.15) is 4.90 Å². The van der Waals surface area contributed by atoms with Gasteiger partial charge in [0.05, 0.1) is 11.6 Å². The van der Waals surface area contributed by atoms with E-state index in [4.69, 9.17) is 16.7 Å². The third kappa shape index (κ3) is 3.74. The third-order valence-electron chi connectivity index (χ3n) is 3.40. The van der Waals surface area contributed by atoms with Crippen LogP contribution >= 0.6 is 11.6 Å². The Balaban J connectivity index is 2.13. The summed E-state index contributed by atoms with van der Waals surface area (Å²) in [5.41, 5.74) is 0.894. The smallest absolute Gasteiger partial charge is 0.317 e. The Bertz CT molecular complexity index is 640. The van der Waals surface area contributed by atoms with Gasteiger partial charge < -0.3 is 5.11 Å². The molecular weight excluding hydrogens is 316 g/mol. The molecule has 1 fully saturated rings. The molecule has 0 atom stereocenters. The highest BCUT2D eigenvalue weighted by molar-refractivity contribution is 7.89. The van der Waals surface area contributed by atoms with Gasteiger partial charge in [-0.15, -0.1) is 0 Å². The molecule has 1 aromatic carbocycles. The van der Waals surface area contributed by atoms with Gasteiger partial charge in [0.25, 0.3) is 0 Å². The Morgan fingerprint density at radius 1 is 1.29 bits per heavy atom. The van der Waals surface area contributed by atoms with Gasteiger partial charge in [-0.2, -0.15) is 4.31 Å². The standard InChI is InChI=1S/C13H17ClN2O4S/c1-10-2-3-12(11(14)8-10)21(19,20)16-6-4-15(5-7-16)9-13(17)18/h2-3,8H,4-7,9H2,1H3,(H,17,18). The predicted octanol–water partition coefficient (Wildman–Crippen LogP) is 1.04. The van der Waals surface area contributed by atoms with Crippen molar-refractivity contribution in [3.63, 3.8) is 0 Å². The van der Waals surface area contributed by atoms with Crippen LogP contribution in [0.25, 0.3) is 0 Å². The number of carboxylic acids is 1. The van der Waals surface area contributed by atoms with Crippen LogP contribution in [0.1, 0.15) is 5.56 Å². The van der Waals surface area contributed by atoms with Crippen LogP contribution in [0.15, 0.2) is 23.1 Å². The molecule has 2 rings (SSSR count). The number of sulfonamides is 1. The molecule has 0 bridgehead atoms. The fraction of sp³-hybridized carbons (Fsp3) is 0.462. The molecule has 0 amide bonds. The maximum absolute atomic E-state index is 12.6. The Labute approximate surface area is 129 Å². The summed E-state index contributed by atoms with van der Waals surface area (Å²) in [5.74, 6) is -0.909. The van der Waals surface area contributed by atoms with Gasteiger partial charge in [-0.3, -0.25) is 9.69 Å². The molecule has 0 aromatic heterocycles. The van der Waals surface area contributed by atoms with E-state index in [2.05, 4.69) is 0 Å². The van der Waals surface area contributed by atoms with Crippen molar-refractivity contribution in [2.75, 3.05) is 32.7 Å². The second-order valence-corrected chi connectivity index (χ2v) is 7.32. The minimum absolute atomic E-state index is 0.0703. The quantitative estimate of drug-likeness (QED) is 0.891. The number of piperazine rings is 1. The first-order chi connectivity index (χ1) is 9.80. The Hall–Kier alpha value is -1.15. The zero-order valence-corrected chi connectivity index (χ0v) is 13.2. The van der Waals surface area contributed by atoms with Crippen LogP contribution in [0.2, 0.25) is 5.02 Å². The molecule has 1 heterocycles. The molecular formula is C13H17ClN2O4S. The number of carbonyl (C=O) groups is 1. The van der Waals surface area contributed by atoms with Gasteiger partial charge >= 0.3 is 5.97 Å². The first kappa shape index (κ1) is 16.2. The van der Waals surface area contributed by atoms with Gasteiger partial charge in [-0.1, -0.05) is 17.7 Å². The zero-order valence-electron chi connectivity index (χ0n) is 11.6. The highest BCUT2D eigenvalue weighted by Gasteiger charge is 2.30. The molecule has 21 heavy (non-hydrogen) atoms. The van der Waals surface area contributed by atoms with Gasteiger partial charge in [0, 0.05) is 26.2 Å². The lowest BCUT2D eigenvalue weighted by Gasteiger charge is -2.33. The number of benzene rings is 1. The second kappa shape index (κ2) is 6.31. The summed E-state index contributed by atoms with van der Waals surface area (Å²) in [6.07, 6.45) is 0. The van der Waals surface area contributed by atoms with Crippen LogP contribution in [-0.2, 0) is 14.8 Å². The lowest BCUT2D eigenvalue weighted by Crippen LogP contribution is -2.49. The van der Waals surface area contributed by atoms with Gasteiger partial charge in [0.2, 0.25) is 10.0 Å². The summed E-state index contributed by atoms with van der Waals surface area (Å²) in [5, 5.41) is 8.95. The fourth-order valence-corrected chi connectivity index (χ4v) is 4.27. The number of rotatable bonds is 4. The summed E-state index contributed by atoms with van der Waals surface area (Å²) in [6.45, 7) is 3.09. The Morgan fingerprint density at radius 2 is 1.90 bits per heavy atom. The van der Waals surface area contributed by atoms with Crippen molar-refractivity contribution in [3.8, 4) is 0 Å². The molecule has 1 N–H and O–H groups in total. The monoisotopic (exact) mass is 332 g/mol. The number of aliphatic carboxylic acids is 1. The molecule has 6 nitrogen and oxygen atoms in total. The van der Waals surface area contributed by atoms with E-state index in [9.17, 15) is 13.2 Å². The van der Waals surface area contributed by atoms with E-state index >= 15 is 0 Å². The Morgan fingerprint density at radius 3 is 2.43 bits per heavy atom. The van der Waals surface area contributed by atoms with Crippen molar-refractivity contribution in [1.82, 2.24) is 9.21 Å². The summed E-state index contributed by atoms with van der Waals surface area (Å²) >= 11 is 6.04. The number of carboxylic acid groups (broad SMARTS) is 1. The lowest BCUT2D eigenvalue weighted by atomic mass is 10.2. The first-order valence-corrected chi connectivity index (χ1v) is 8.33. The van der Waals surface area contributed by atoms with Crippen molar-refractivity contribution in [3.05, 3.63) is 28.8 Å². The molecule has 116 valence electrons. The Kier molecular flexibility index (Phi) is 4.88. The summed E-state index contributed by atoms with van der Waals surface area (Å²) in [7, 11) is -3.63. The molecule has 0 aliphatic carbocycles. The maximum Gasteiger partial charge on any atom is 0.317 e. The van der Waals surface area contributed by atoms with E-state index in [1.165, 1.54) is 10.4 Å². The van der Waals surface area contributed by atoms with Crippen molar-refractivity contribution in [1.29, 1.82) is 0 Å². The van der Waals surface area contributed by atoms with E-state index in [1.807, 2.05) is 6.92 Å². The molecule has 1 saturated heterocycles. The van der Waals surface area contributed by atoms with Gasteiger partial charge in [0.15, 0.2) is 0 Å². The van der Waals surface area contributed by atoms with E-state index in [0.29, 0.717) is 13.1 Å². The highest BCUT2D eigenvalue weighted by atomic mass is 35.5. The lowest BCUT2D eigenvalue weighted by molar-refractivity contribution is -0.138.